The van der Waals surface area contributed by atoms with E-state index in [9.17, 15) is 4.79 Å². The molecule has 0 saturated heterocycles. The summed E-state index contributed by atoms with van der Waals surface area (Å²) in [6.07, 6.45) is 2.23. The fraction of sp³-hybridized carbons (Fsp3) is 0.412. The number of hydrogen-bond donors (Lipinski definition) is 0. The lowest BCUT2D eigenvalue weighted by Gasteiger charge is -2.09. The summed E-state index contributed by atoms with van der Waals surface area (Å²) in [4.78, 5) is 12.7. The van der Waals surface area contributed by atoms with Crippen LogP contribution in [0.25, 0.3) is 0 Å². The van der Waals surface area contributed by atoms with Gasteiger partial charge in [-0.1, -0.05) is 24.3 Å². The van der Waals surface area contributed by atoms with Crippen molar-refractivity contribution in [3.8, 4) is 0 Å². The summed E-state index contributed by atoms with van der Waals surface area (Å²) in [7, 11) is 0. The summed E-state index contributed by atoms with van der Waals surface area (Å²) in [5.41, 5.74) is 4.62. The van der Waals surface area contributed by atoms with Crippen molar-refractivity contribution in [3.63, 3.8) is 0 Å². The lowest BCUT2D eigenvalue weighted by atomic mass is 9.97. The van der Waals surface area contributed by atoms with E-state index in [4.69, 9.17) is 0 Å². The van der Waals surface area contributed by atoms with Crippen LogP contribution in [0.3, 0.4) is 0 Å². The average molecular weight is 347 g/mol. The second-order valence-corrected chi connectivity index (χ2v) is 6.47. The number of benzene rings is 1. The Hall–Kier alpha value is -1.42. The number of carbonyl (C=O) groups is 1. The Morgan fingerprint density at radius 3 is 2.52 bits per heavy atom. The van der Waals surface area contributed by atoms with Gasteiger partial charge in [-0.25, -0.2) is 0 Å². The highest BCUT2D eigenvalue weighted by atomic mass is 79.9. The van der Waals surface area contributed by atoms with Gasteiger partial charge in [-0.3, -0.25) is 9.48 Å². The van der Waals surface area contributed by atoms with Crippen LogP contribution < -0.4 is 0 Å². The Balaban J connectivity index is 1.77. The molecule has 1 aromatic carbocycles. The van der Waals surface area contributed by atoms with Gasteiger partial charge >= 0.3 is 0 Å². The fourth-order valence-corrected chi connectivity index (χ4v) is 3.56. The molecule has 0 N–H and O–H groups in total. The van der Waals surface area contributed by atoms with Crippen molar-refractivity contribution in [2.45, 2.75) is 39.7 Å². The van der Waals surface area contributed by atoms with E-state index >= 15 is 0 Å². The van der Waals surface area contributed by atoms with E-state index in [0.29, 0.717) is 12.2 Å². The van der Waals surface area contributed by atoms with Crippen molar-refractivity contribution in [1.82, 2.24) is 9.78 Å². The van der Waals surface area contributed by atoms with E-state index < -0.39 is 0 Å². The van der Waals surface area contributed by atoms with Gasteiger partial charge in [0.05, 0.1) is 15.9 Å². The van der Waals surface area contributed by atoms with Gasteiger partial charge < -0.3 is 0 Å². The number of hydrogen-bond acceptors (Lipinski definition) is 2. The van der Waals surface area contributed by atoms with Crippen LogP contribution in [0, 0.1) is 12.8 Å². The molecule has 0 amide bonds. The zero-order valence-corrected chi connectivity index (χ0v) is 14.0. The lowest BCUT2D eigenvalue weighted by molar-refractivity contribution is -0.122. The summed E-state index contributed by atoms with van der Waals surface area (Å²) < 4.78 is 2.91. The van der Waals surface area contributed by atoms with Crippen LogP contribution in [0.2, 0.25) is 0 Å². The van der Waals surface area contributed by atoms with E-state index in [-0.39, 0.29) is 5.92 Å². The standard InChI is InChI=1S/C17H19BrN2O/c1-3-20-15(17(18)11(2)19-20)10-16(21)14-8-12-6-4-5-7-13(12)9-14/h4-7,14H,3,8-10H2,1-2H3. The molecule has 3 nitrogen and oxygen atoms in total. The van der Waals surface area contributed by atoms with Gasteiger partial charge in [0.1, 0.15) is 5.78 Å². The second-order valence-electron chi connectivity index (χ2n) is 5.68. The quantitative estimate of drug-likeness (QED) is 0.849. The Labute approximate surface area is 133 Å². The first-order valence-corrected chi connectivity index (χ1v) is 8.20. The molecular formula is C17H19BrN2O. The van der Waals surface area contributed by atoms with Crippen molar-refractivity contribution in [2.24, 2.45) is 5.92 Å². The number of halogens is 1. The minimum Gasteiger partial charge on any atom is -0.299 e. The first-order valence-electron chi connectivity index (χ1n) is 7.41. The van der Waals surface area contributed by atoms with Gasteiger partial charge in [-0.2, -0.15) is 5.10 Å². The summed E-state index contributed by atoms with van der Waals surface area (Å²) in [6.45, 7) is 4.81. The molecule has 2 aromatic rings. The maximum absolute atomic E-state index is 12.7. The van der Waals surface area contributed by atoms with Crippen LogP contribution in [0.4, 0.5) is 0 Å². The highest BCUT2D eigenvalue weighted by molar-refractivity contribution is 9.10. The van der Waals surface area contributed by atoms with Crippen molar-refractivity contribution in [2.75, 3.05) is 0 Å². The normalized spacial score (nSPS) is 14.4. The number of nitrogens with zero attached hydrogens (tertiary/aromatic N) is 2. The minimum atomic E-state index is 0.120. The lowest BCUT2D eigenvalue weighted by Crippen LogP contribution is -2.19. The Morgan fingerprint density at radius 2 is 1.95 bits per heavy atom. The van der Waals surface area contributed by atoms with Crippen molar-refractivity contribution >= 4 is 21.7 Å². The topological polar surface area (TPSA) is 34.9 Å². The number of aromatic nitrogens is 2. The van der Waals surface area contributed by atoms with E-state index in [1.54, 1.807) is 0 Å². The smallest absolute Gasteiger partial charge is 0.142 e. The summed E-state index contributed by atoms with van der Waals surface area (Å²) in [5.74, 6) is 0.441. The average Bonchev–Trinajstić information content (AvgIpc) is 3.03. The number of rotatable bonds is 4. The highest BCUT2D eigenvalue weighted by Gasteiger charge is 2.28. The van der Waals surface area contributed by atoms with Crippen LogP contribution in [0.5, 0.6) is 0 Å². The number of ketones is 1. The first-order chi connectivity index (χ1) is 10.1. The molecule has 4 heteroatoms. The highest BCUT2D eigenvalue weighted by Crippen LogP contribution is 2.29. The number of fused-ring (bicyclic) bond motifs is 1. The van der Waals surface area contributed by atoms with Crippen LogP contribution in [-0.2, 0) is 30.6 Å². The molecule has 1 aliphatic carbocycles. The summed E-state index contributed by atoms with van der Waals surface area (Å²) in [6, 6.07) is 8.38. The SMILES string of the molecule is CCn1nc(C)c(Br)c1CC(=O)C1Cc2ccccc2C1. The van der Waals surface area contributed by atoms with Gasteiger partial charge in [-0.05, 0) is 53.7 Å². The fourth-order valence-electron chi connectivity index (χ4n) is 3.13. The molecule has 0 unspecified atom stereocenters. The largest absolute Gasteiger partial charge is 0.299 e. The first kappa shape index (κ1) is 14.5. The predicted molar refractivity (Wildman–Crippen MR) is 86.4 cm³/mol. The van der Waals surface area contributed by atoms with Gasteiger partial charge in [0, 0.05) is 18.9 Å². The monoisotopic (exact) mass is 346 g/mol. The van der Waals surface area contributed by atoms with Crippen LogP contribution >= 0.6 is 15.9 Å². The zero-order chi connectivity index (χ0) is 15.0. The van der Waals surface area contributed by atoms with E-state index in [1.807, 2.05) is 11.6 Å². The molecule has 1 heterocycles. The molecule has 1 aliphatic rings. The minimum absolute atomic E-state index is 0.120. The van der Waals surface area contributed by atoms with Crippen molar-refractivity contribution in [3.05, 3.63) is 51.3 Å². The Morgan fingerprint density at radius 1 is 1.33 bits per heavy atom. The molecule has 3 rings (SSSR count). The Bertz CT molecular complexity index is 665. The molecule has 21 heavy (non-hydrogen) atoms. The number of carbonyl (C=O) groups excluding carboxylic acids is 1. The maximum atomic E-state index is 12.7. The van der Waals surface area contributed by atoms with Crippen molar-refractivity contribution in [1.29, 1.82) is 0 Å². The zero-order valence-electron chi connectivity index (χ0n) is 12.4. The summed E-state index contributed by atoms with van der Waals surface area (Å²) >= 11 is 3.57. The molecule has 0 fully saturated rings. The van der Waals surface area contributed by atoms with Crippen LogP contribution in [0.1, 0.15) is 29.4 Å². The van der Waals surface area contributed by atoms with E-state index in [2.05, 4.69) is 52.2 Å². The molecule has 0 saturated carbocycles. The van der Waals surface area contributed by atoms with Crippen LogP contribution in [-0.4, -0.2) is 15.6 Å². The Kier molecular flexibility index (Phi) is 3.98. The predicted octanol–water partition coefficient (Wildman–Crippen LogP) is 3.50. The van der Waals surface area contributed by atoms with Gasteiger partial charge in [-0.15, -0.1) is 0 Å². The third-order valence-electron chi connectivity index (χ3n) is 4.30. The maximum Gasteiger partial charge on any atom is 0.142 e. The van der Waals surface area contributed by atoms with Gasteiger partial charge in [0.2, 0.25) is 0 Å². The molecule has 0 spiro atoms. The molecule has 110 valence electrons. The third-order valence-corrected chi connectivity index (χ3v) is 5.33. The van der Waals surface area contributed by atoms with Gasteiger partial charge in [0.25, 0.3) is 0 Å². The van der Waals surface area contributed by atoms with Crippen molar-refractivity contribution < 1.29 is 4.79 Å². The molecule has 0 aliphatic heterocycles. The molecule has 0 atom stereocenters. The van der Waals surface area contributed by atoms with Crippen LogP contribution in [0.15, 0.2) is 28.7 Å². The molecule has 1 aromatic heterocycles. The third kappa shape index (κ3) is 2.69. The molecular weight excluding hydrogens is 328 g/mol. The summed E-state index contributed by atoms with van der Waals surface area (Å²) in [5, 5.41) is 4.47. The van der Waals surface area contributed by atoms with E-state index in [0.717, 1.165) is 35.2 Å². The van der Waals surface area contributed by atoms with Gasteiger partial charge in [0.15, 0.2) is 0 Å². The number of aryl methyl sites for hydroxylation is 2. The number of Topliss-reactive ketones (excluding diaryl/α,β-unsaturated/α-hetero) is 1. The van der Waals surface area contributed by atoms with E-state index in [1.165, 1.54) is 11.1 Å². The molecule has 0 radical (unpaired) electrons. The second kappa shape index (κ2) is 5.76. The molecule has 0 bridgehead atoms.